The van der Waals surface area contributed by atoms with Gasteiger partial charge >= 0.3 is 0 Å². The quantitative estimate of drug-likeness (QED) is 0.812. The van der Waals surface area contributed by atoms with Gasteiger partial charge in [-0.1, -0.05) is 0 Å². The molecule has 2 aliphatic heterocycles. The molecule has 1 aromatic carbocycles. The van der Waals surface area contributed by atoms with Crippen LogP contribution in [0.2, 0.25) is 0 Å². The molecule has 0 bridgehead atoms. The van der Waals surface area contributed by atoms with E-state index in [0.29, 0.717) is 5.69 Å². The molecule has 0 unspecified atom stereocenters. The van der Waals surface area contributed by atoms with Gasteiger partial charge in [-0.3, -0.25) is 4.79 Å². The SMILES string of the molecule is Cc1cc(NC(=O)C2=CC=CN3CCS(=O)(=O)N=C23)ccc1-n1cnnn1. The number of sulfonamides is 1. The molecule has 0 fully saturated rings. The molecule has 0 spiro atoms. The largest absolute Gasteiger partial charge is 0.331 e. The van der Waals surface area contributed by atoms with E-state index in [9.17, 15) is 13.2 Å². The minimum Gasteiger partial charge on any atom is -0.331 e. The maximum absolute atomic E-state index is 12.7. The summed E-state index contributed by atoms with van der Waals surface area (Å²) in [4.78, 5) is 14.4. The number of benzene rings is 1. The van der Waals surface area contributed by atoms with Crippen molar-refractivity contribution in [2.45, 2.75) is 6.92 Å². The number of nitrogens with zero attached hydrogens (tertiary/aromatic N) is 6. The number of fused-ring (bicyclic) bond motifs is 1. The van der Waals surface area contributed by atoms with Crippen LogP contribution < -0.4 is 5.32 Å². The average molecular weight is 385 g/mol. The van der Waals surface area contributed by atoms with Gasteiger partial charge in [-0.2, -0.15) is 0 Å². The van der Waals surface area contributed by atoms with Gasteiger partial charge in [0.05, 0.1) is 17.0 Å². The first-order valence-corrected chi connectivity index (χ1v) is 9.67. The molecule has 138 valence electrons. The second kappa shape index (κ2) is 6.43. The van der Waals surface area contributed by atoms with Gasteiger partial charge in [0.2, 0.25) is 0 Å². The van der Waals surface area contributed by atoms with E-state index in [1.54, 1.807) is 41.5 Å². The Bertz CT molecular complexity index is 1100. The summed E-state index contributed by atoms with van der Waals surface area (Å²) in [7, 11) is -3.56. The maximum atomic E-state index is 12.7. The summed E-state index contributed by atoms with van der Waals surface area (Å²) < 4.78 is 28.9. The maximum Gasteiger partial charge on any atom is 0.259 e. The van der Waals surface area contributed by atoms with Gasteiger partial charge in [0.1, 0.15) is 6.33 Å². The van der Waals surface area contributed by atoms with Gasteiger partial charge in [0.25, 0.3) is 15.9 Å². The van der Waals surface area contributed by atoms with Gasteiger partial charge in [-0.25, -0.2) is 13.1 Å². The lowest BCUT2D eigenvalue weighted by atomic mass is 10.1. The minimum absolute atomic E-state index is 0.0759. The van der Waals surface area contributed by atoms with Crippen LogP contribution in [0.25, 0.3) is 5.69 Å². The van der Waals surface area contributed by atoms with E-state index in [0.717, 1.165) is 11.3 Å². The molecular weight excluding hydrogens is 370 g/mol. The highest BCUT2D eigenvalue weighted by Crippen LogP contribution is 2.21. The van der Waals surface area contributed by atoms with Crippen LogP contribution in [0.5, 0.6) is 0 Å². The van der Waals surface area contributed by atoms with Crippen molar-refractivity contribution in [1.29, 1.82) is 0 Å². The van der Waals surface area contributed by atoms with Crippen LogP contribution >= 0.6 is 0 Å². The third-order valence-corrected chi connectivity index (χ3v) is 5.30. The number of carbonyl (C=O) groups is 1. The first-order chi connectivity index (χ1) is 12.9. The normalized spacial score (nSPS) is 17.7. The standard InChI is InChI=1S/C16H15N7O3S/c1-11-9-12(4-5-14(11)23-10-17-20-21-23)18-16(24)13-3-2-6-22-7-8-27(25,26)19-15(13)22/h2-6,9-10H,7-8H2,1H3,(H,18,24). The molecule has 11 heteroatoms. The summed E-state index contributed by atoms with van der Waals surface area (Å²) in [5, 5.41) is 13.8. The fourth-order valence-electron chi connectivity index (χ4n) is 2.85. The fraction of sp³-hybridized carbons (Fsp3) is 0.188. The number of tetrazole rings is 1. The fourth-order valence-corrected chi connectivity index (χ4v) is 3.84. The molecule has 0 saturated heterocycles. The van der Waals surface area contributed by atoms with Gasteiger partial charge in [0, 0.05) is 18.4 Å². The predicted octanol–water partition coefficient (Wildman–Crippen LogP) is 0.407. The van der Waals surface area contributed by atoms with E-state index in [-0.39, 0.29) is 23.7 Å². The molecule has 0 saturated carbocycles. The predicted molar refractivity (Wildman–Crippen MR) is 97.7 cm³/mol. The Hall–Kier alpha value is -3.34. The molecule has 4 rings (SSSR count). The molecule has 10 nitrogen and oxygen atoms in total. The summed E-state index contributed by atoms with van der Waals surface area (Å²) in [5.41, 5.74) is 2.40. The second-order valence-corrected chi connectivity index (χ2v) is 7.78. The van der Waals surface area contributed by atoms with Crippen LogP contribution in [0.4, 0.5) is 5.69 Å². The molecule has 2 aliphatic rings. The Morgan fingerprint density at radius 2 is 2.15 bits per heavy atom. The van der Waals surface area contributed by atoms with E-state index in [1.807, 2.05) is 6.92 Å². The number of aromatic nitrogens is 4. The van der Waals surface area contributed by atoms with Crippen molar-refractivity contribution in [2.24, 2.45) is 4.40 Å². The second-order valence-electron chi connectivity index (χ2n) is 6.03. The molecule has 0 atom stereocenters. The minimum atomic E-state index is -3.56. The zero-order valence-electron chi connectivity index (χ0n) is 14.3. The first kappa shape index (κ1) is 17.1. The third-order valence-electron chi connectivity index (χ3n) is 4.15. The number of allylic oxidation sites excluding steroid dienone is 2. The Morgan fingerprint density at radius 3 is 2.89 bits per heavy atom. The molecular formula is C16H15N7O3S. The summed E-state index contributed by atoms with van der Waals surface area (Å²) in [6, 6.07) is 5.29. The molecule has 1 aromatic heterocycles. The number of rotatable bonds is 3. The highest BCUT2D eigenvalue weighted by atomic mass is 32.2. The van der Waals surface area contributed by atoms with E-state index in [2.05, 4.69) is 25.2 Å². The number of nitrogens with one attached hydrogen (secondary N) is 1. The van der Waals surface area contributed by atoms with Crippen LogP contribution in [0.3, 0.4) is 0 Å². The number of aryl methyl sites for hydroxylation is 1. The van der Waals surface area contributed by atoms with E-state index >= 15 is 0 Å². The lowest BCUT2D eigenvalue weighted by molar-refractivity contribution is -0.112. The summed E-state index contributed by atoms with van der Waals surface area (Å²) in [6.07, 6.45) is 6.43. The van der Waals surface area contributed by atoms with Gasteiger partial charge < -0.3 is 10.2 Å². The number of hydrogen-bond acceptors (Lipinski definition) is 7. The van der Waals surface area contributed by atoms with E-state index in [4.69, 9.17) is 0 Å². The Kier molecular flexibility index (Phi) is 4.07. The van der Waals surface area contributed by atoms with Gasteiger partial charge in [-0.15, -0.1) is 9.50 Å². The van der Waals surface area contributed by atoms with Crippen LogP contribution in [-0.2, 0) is 14.8 Å². The van der Waals surface area contributed by atoms with Crippen LogP contribution in [0.15, 0.2) is 52.8 Å². The molecule has 2 aromatic rings. The number of amides is 1. The lowest BCUT2D eigenvalue weighted by Crippen LogP contribution is -2.40. The molecule has 1 N–H and O–H groups in total. The molecule has 3 heterocycles. The first-order valence-electron chi connectivity index (χ1n) is 8.06. The van der Waals surface area contributed by atoms with Crippen LogP contribution in [0.1, 0.15) is 5.56 Å². The topological polar surface area (TPSA) is 122 Å². The smallest absolute Gasteiger partial charge is 0.259 e. The summed E-state index contributed by atoms with van der Waals surface area (Å²) >= 11 is 0. The molecule has 1 amide bonds. The number of amidine groups is 1. The highest BCUT2D eigenvalue weighted by molar-refractivity contribution is 7.90. The molecule has 0 radical (unpaired) electrons. The Labute approximate surface area is 154 Å². The molecule has 27 heavy (non-hydrogen) atoms. The molecule has 0 aliphatic carbocycles. The highest BCUT2D eigenvalue weighted by Gasteiger charge is 2.30. The van der Waals surface area contributed by atoms with Crippen molar-refractivity contribution >= 4 is 27.5 Å². The van der Waals surface area contributed by atoms with Crippen molar-refractivity contribution in [2.75, 3.05) is 17.6 Å². The third kappa shape index (κ3) is 3.36. The number of anilines is 1. The van der Waals surface area contributed by atoms with Crippen molar-refractivity contribution in [3.8, 4) is 5.69 Å². The van der Waals surface area contributed by atoms with E-state index in [1.165, 1.54) is 11.0 Å². The zero-order chi connectivity index (χ0) is 19.0. The Balaban J connectivity index is 1.59. The van der Waals surface area contributed by atoms with Crippen molar-refractivity contribution in [1.82, 2.24) is 25.1 Å². The van der Waals surface area contributed by atoms with Gasteiger partial charge in [0.15, 0.2) is 5.84 Å². The van der Waals surface area contributed by atoms with Gasteiger partial charge in [-0.05, 0) is 53.3 Å². The summed E-state index contributed by atoms with van der Waals surface area (Å²) in [6.45, 7) is 2.14. The van der Waals surface area contributed by atoms with Crippen molar-refractivity contribution < 1.29 is 13.2 Å². The Morgan fingerprint density at radius 1 is 1.30 bits per heavy atom. The monoisotopic (exact) mass is 385 g/mol. The number of hydrogen-bond donors (Lipinski definition) is 1. The zero-order valence-corrected chi connectivity index (χ0v) is 15.1. The summed E-state index contributed by atoms with van der Waals surface area (Å²) in [5.74, 6) is -0.369. The number of carbonyl (C=O) groups excluding carboxylic acids is 1. The van der Waals surface area contributed by atoms with E-state index < -0.39 is 15.9 Å². The van der Waals surface area contributed by atoms with Crippen molar-refractivity contribution in [3.05, 3.63) is 54.0 Å². The van der Waals surface area contributed by atoms with Crippen LogP contribution in [-0.4, -0.2) is 57.6 Å². The van der Waals surface area contributed by atoms with Crippen molar-refractivity contribution in [3.63, 3.8) is 0 Å². The lowest BCUT2D eigenvalue weighted by Gasteiger charge is -2.28. The average Bonchev–Trinajstić information content (AvgIpc) is 3.15. The van der Waals surface area contributed by atoms with Crippen LogP contribution in [0, 0.1) is 6.92 Å².